The lowest BCUT2D eigenvalue weighted by Gasteiger charge is -2.08. The summed E-state index contributed by atoms with van der Waals surface area (Å²) in [5.74, 6) is 0.693. The molecule has 0 unspecified atom stereocenters. The highest BCUT2D eigenvalue weighted by Crippen LogP contribution is 2.30. The van der Waals surface area contributed by atoms with Crippen LogP contribution in [0.25, 0.3) is 21.1 Å². The number of nitrogens with zero attached hydrogens (tertiary/aromatic N) is 2. The predicted octanol–water partition coefficient (Wildman–Crippen LogP) is 4.61. The second-order valence-electron chi connectivity index (χ2n) is 5.98. The lowest BCUT2D eigenvalue weighted by molar-refractivity contribution is -0.575. The van der Waals surface area contributed by atoms with Crippen LogP contribution < -0.4 is 9.47 Å². The van der Waals surface area contributed by atoms with Crippen LogP contribution in [0.5, 0.6) is 5.75 Å². The Kier molecular flexibility index (Phi) is 4.24. The van der Waals surface area contributed by atoms with Gasteiger partial charge in [0.15, 0.2) is 0 Å². The summed E-state index contributed by atoms with van der Waals surface area (Å²) in [5.41, 5.74) is 2.48. The highest BCUT2D eigenvalue weighted by molar-refractivity contribution is 7.19. The zero-order chi connectivity index (χ0) is 17.2. The van der Waals surface area contributed by atoms with Gasteiger partial charge in [0, 0.05) is 0 Å². The molecule has 2 aromatic carbocycles. The maximum absolute atomic E-state index is 12.4. The minimum Gasteiger partial charge on any atom is -0.618 e. The van der Waals surface area contributed by atoms with Crippen molar-refractivity contribution in [3.05, 3.63) is 70.5 Å². The molecule has 0 amide bonds. The van der Waals surface area contributed by atoms with E-state index in [4.69, 9.17) is 4.74 Å². The molecule has 4 rings (SSSR count). The van der Waals surface area contributed by atoms with E-state index in [1.807, 2.05) is 48.5 Å². The van der Waals surface area contributed by atoms with Crippen molar-refractivity contribution in [1.29, 1.82) is 0 Å². The Labute approximate surface area is 149 Å². The highest BCUT2D eigenvalue weighted by Gasteiger charge is 2.15. The Morgan fingerprint density at radius 2 is 2.00 bits per heavy atom. The largest absolute Gasteiger partial charge is 0.618 e. The first-order valence-electron chi connectivity index (χ1n) is 8.36. The lowest BCUT2D eigenvalue weighted by Crippen LogP contribution is -2.26. The number of rotatable bonds is 5. The molecule has 0 aliphatic heterocycles. The van der Waals surface area contributed by atoms with Gasteiger partial charge in [0.2, 0.25) is 11.7 Å². The third-order valence-corrected chi connectivity index (χ3v) is 5.26. The van der Waals surface area contributed by atoms with Crippen molar-refractivity contribution < 1.29 is 9.47 Å². The van der Waals surface area contributed by atoms with E-state index in [1.54, 1.807) is 17.5 Å². The average Bonchev–Trinajstić information content (AvgIpc) is 3.04. The Hall–Kier alpha value is -2.66. The quantitative estimate of drug-likeness (QED) is 0.390. The first-order valence-corrected chi connectivity index (χ1v) is 9.18. The molecule has 0 aliphatic rings. The predicted molar refractivity (Wildman–Crippen MR) is 101 cm³/mol. The van der Waals surface area contributed by atoms with E-state index in [9.17, 15) is 5.21 Å². The van der Waals surface area contributed by atoms with Gasteiger partial charge in [-0.05, 0) is 30.5 Å². The van der Waals surface area contributed by atoms with Crippen molar-refractivity contribution in [2.75, 3.05) is 0 Å². The third-order valence-electron chi connectivity index (χ3n) is 4.10. The first kappa shape index (κ1) is 15.8. The van der Waals surface area contributed by atoms with Crippen molar-refractivity contribution >= 4 is 32.5 Å². The molecule has 0 radical (unpaired) electrons. The van der Waals surface area contributed by atoms with E-state index >= 15 is 0 Å². The molecule has 4 aromatic rings. The average molecular weight is 350 g/mol. The fraction of sp³-hybridized carbons (Fsp3) is 0.200. The summed E-state index contributed by atoms with van der Waals surface area (Å²) in [7, 11) is 0. The molecule has 0 aliphatic carbocycles. The van der Waals surface area contributed by atoms with E-state index in [0.717, 1.165) is 43.7 Å². The van der Waals surface area contributed by atoms with Gasteiger partial charge in [-0.15, -0.1) is 11.3 Å². The summed E-state index contributed by atoms with van der Waals surface area (Å²) in [5, 5.41) is 14.4. The molecule has 2 heterocycles. The fourth-order valence-corrected chi connectivity index (χ4v) is 4.05. The minimum atomic E-state index is 0.481. The Balaban J connectivity index is 1.70. The maximum Gasteiger partial charge on any atom is 0.229 e. The first-order chi connectivity index (χ1) is 12.2. The van der Waals surface area contributed by atoms with Gasteiger partial charge in [-0.2, -0.15) is 4.73 Å². The second kappa shape index (κ2) is 6.69. The van der Waals surface area contributed by atoms with Crippen LogP contribution in [-0.2, 0) is 13.0 Å². The third kappa shape index (κ3) is 3.15. The minimum absolute atomic E-state index is 0.481. The number of benzene rings is 2. The van der Waals surface area contributed by atoms with Crippen LogP contribution >= 0.6 is 11.3 Å². The summed E-state index contributed by atoms with van der Waals surface area (Å²) in [4.78, 5) is 4.58. The van der Waals surface area contributed by atoms with E-state index in [1.165, 1.54) is 0 Å². The van der Waals surface area contributed by atoms with Crippen LogP contribution in [0.15, 0.2) is 54.7 Å². The molecular formula is C20H18N2O2S. The number of ether oxygens (including phenoxy) is 1. The molecule has 4 nitrogen and oxygen atoms in total. The number of aromatic nitrogens is 2. The molecule has 0 saturated carbocycles. The van der Waals surface area contributed by atoms with Crippen LogP contribution in [-0.4, -0.2) is 4.98 Å². The van der Waals surface area contributed by atoms with Gasteiger partial charge in [0.1, 0.15) is 17.9 Å². The molecule has 0 N–H and O–H groups in total. The smallest absolute Gasteiger partial charge is 0.229 e. The molecule has 2 aromatic heterocycles. The summed E-state index contributed by atoms with van der Waals surface area (Å²) >= 11 is 1.67. The maximum atomic E-state index is 12.4. The van der Waals surface area contributed by atoms with Crippen molar-refractivity contribution in [3.8, 4) is 5.75 Å². The van der Waals surface area contributed by atoms with E-state index in [-0.39, 0.29) is 0 Å². The number of aryl methyl sites for hydroxylation is 1. The molecule has 0 spiro atoms. The zero-order valence-electron chi connectivity index (χ0n) is 13.9. The molecule has 0 atom stereocenters. The highest BCUT2D eigenvalue weighted by atomic mass is 32.1. The van der Waals surface area contributed by atoms with Crippen LogP contribution in [0.4, 0.5) is 0 Å². The van der Waals surface area contributed by atoms with Crippen molar-refractivity contribution in [1.82, 2.24) is 4.98 Å². The number of thiazole rings is 1. The monoisotopic (exact) mass is 350 g/mol. The van der Waals surface area contributed by atoms with E-state index in [2.05, 4.69) is 11.9 Å². The molecule has 0 bridgehead atoms. The number of pyridine rings is 1. The molecular weight excluding hydrogens is 332 g/mol. The molecule has 0 saturated heterocycles. The van der Waals surface area contributed by atoms with Gasteiger partial charge in [0.25, 0.3) is 0 Å². The van der Waals surface area contributed by atoms with Crippen molar-refractivity contribution in [2.24, 2.45) is 0 Å². The van der Waals surface area contributed by atoms with Gasteiger partial charge in [0.05, 0.1) is 21.2 Å². The Morgan fingerprint density at radius 1 is 1.16 bits per heavy atom. The lowest BCUT2D eigenvalue weighted by atomic mass is 10.2. The summed E-state index contributed by atoms with van der Waals surface area (Å²) < 4.78 is 7.81. The Bertz CT molecular complexity index is 1030. The molecule has 25 heavy (non-hydrogen) atoms. The second-order valence-corrected chi connectivity index (χ2v) is 7.06. The topological polar surface area (TPSA) is 49.1 Å². The molecule has 5 heteroatoms. The van der Waals surface area contributed by atoms with Crippen LogP contribution in [0.1, 0.15) is 23.9 Å². The van der Waals surface area contributed by atoms with Crippen molar-refractivity contribution in [2.45, 2.75) is 26.4 Å². The van der Waals surface area contributed by atoms with Gasteiger partial charge < -0.3 is 9.94 Å². The van der Waals surface area contributed by atoms with Crippen molar-refractivity contribution in [3.63, 3.8) is 0 Å². The SMILES string of the molecule is CCCc1nc2c[n+]([O-])c3cc(OCc4ccccc4)ccc3c2s1. The fourth-order valence-electron chi connectivity index (χ4n) is 2.88. The Morgan fingerprint density at radius 3 is 2.80 bits per heavy atom. The standard InChI is InChI=1S/C20H18N2O2S/c1-2-6-19-21-17-12-22(23)18-11-15(9-10-16(18)20(17)25-19)24-13-14-7-4-3-5-8-14/h3-5,7-12H,2,6,13H2,1H3. The van der Waals surface area contributed by atoms with Gasteiger partial charge in [-0.3, -0.25) is 0 Å². The van der Waals surface area contributed by atoms with Gasteiger partial charge in [-0.25, -0.2) is 4.98 Å². The number of fused-ring (bicyclic) bond motifs is 3. The number of hydrogen-bond acceptors (Lipinski definition) is 4. The van der Waals surface area contributed by atoms with Crippen LogP contribution in [0.2, 0.25) is 0 Å². The van der Waals surface area contributed by atoms with Gasteiger partial charge >= 0.3 is 0 Å². The van der Waals surface area contributed by atoms with E-state index in [0.29, 0.717) is 17.9 Å². The summed E-state index contributed by atoms with van der Waals surface area (Å²) in [6.07, 6.45) is 3.55. The van der Waals surface area contributed by atoms with E-state index < -0.39 is 0 Å². The molecule has 126 valence electrons. The normalized spacial score (nSPS) is 11.2. The summed E-state index contributed by atoms with van der Waals surface area (Å²) in [6.45, 7) is 2.61. The zero-order valence-corrected chi connectivity index (χ0v) is 14.8. The van der Waals surface area contributed by atoms with Crippen LogP contribution in [0.3, 0.4) is 0 Å². The van der Waals surface area contributed by atoms with Crippen LogP contribution in [0, 0.1) is 5.21 Å². The molecule has 0 fully saturated rings. The summed E-state index contributed by atoms with van der Waals surface area (Å²) in [6, 6.07) is 15.7. The van der Waals surface area contributed by atoms with Gasteiger partial charge in [-0.1, -0.05) is 37.3 Å². The number of hydrogen-bond donors (Lipinski definition) is 0.